The summed E-state index contributed by atoms with van der Waals surface area (Å²) in [6.07, 6.45) is 1.37. The molecular weight excluding hydrogens is 384 g/mol. The number of rotatable bonds is 7. The molecule has 0 bridgehead atoms. The number of hydrogen-bond donors (Lipinski definition) is 0. The zero-order chi connectivity index (χ0) is 19.2. The number of furan rings is 1. The molecule has 0 spiro atoms. The van der Waals surface area contributed by atoms with Gasteiger partial charge in [0.1, 0.15) is 23.2 Å². The lowest BCUT2D eigenvalue weighted by atomic mass is 10.2. The lowest BCUT2D eigenvalue weighted by Gasteiger charge is -2.00. The molecule has 3 rings (SSSR count). The van der Waals surface area contributed by atoms with E-state index in [2.05, 4.69) is 4.98 Å². The Labute approximate surface area is 164 Å². The fourth-order valence-corrected chi connectivity index (χ4v) is 4.22. The lowest BCUT2D eigenvalue weighted by Crippen LogP contribution is -2.05. The number of aromatic nitrogens is 1. The van der Waals surface area contributed by atoms with Gasteiger partial charge in [-0.15, -0.1) is 11.3 Å². The zero-order valence-corrected chi connectivity index (χ0v) is 16.4. The third-order valence-corrected chi connectivity index (χ3v) is 5.34. The van der Waals surface area contributed by atoms with Crippen LogP contribution in [-0.2, 0) is 9.53 Å². The molecule has 0 aliphatic carbocycles. The van der Waals surface area contributed by atoms with Crippen molar-refractivity contribution in [1.82, 2.24) is 4.98 Å². The minimum Gasteiger partial charge on any atom is -0.494 e. The summed E-state index contributed by atoms with van der Waals surface area (Å²) in [5, 5.41) is 9.70. The molecule has 8 heteroatoms. The van der Waals surface area contributed by atoms with Gasteiger partial charge in [0, 0.05) is 6.08 Å². The number of nitrogens with zero attached hydrogens (tertiary/aromatic N) is 2. The second-order valence-electron chi connectivity index (χ2n) is 5.19. The summed E-state index contributed by atoms with van der Waals surface area (Å²) in [5.74, 6) is 0.558. The molecule has 0 unspecified atom stereocenters. The Morgan fingerprint density at radius 3 is 2.93 bits per heavy atom. The Kier molecular flexibility index (Phi) is 6.16. The standard InChI is InChI=1S/C19H16N2O4S2/c1-3-23-13-5-7-15-16(10-13)26-19(21-15)27-17-8-6-14(25-17)9-12(11-20)18(22)24-4-2/h5-10H,3-4H2,1-2H3/b12-9+. The van der Waals surface area contributed by atoms with E-state index in [1.807, 2.05) is 31.2 Å². The largest absolute Gasteiger partial charge is 0.494 e. The van der Waals surface area contributed by atoms with Crippen LogP contribution < -0.4 is 4.74 Å². The second-order valence-corrected chi connectivity index (χ2v) is 7.47. The SMILES string of the molecule is CCOC(=O)/C(C#N)=C/c1ccc(Sc2nc3ccc(OCC)cc3s2)o1. The van der Waals surface area contributed by atoms with Crippen molar-refractivity contribution < 1.29 is 18.7 Å². The maximum Gasteiger partial charge on any atom is 0.349 e. The quantitative estimate of drug-likeness (QED) is 0.316. The van der Waals surface area contributed by atoms with Gasteiger partial charge in [-0.25, -0.2) is 9.78 Å². The molecule has 0 amide bonds. The third kappa shape index (κ3) is 4.70. The van der Waals surface area contributed by atoms with Crippen LogP contribution in [0.4, 0.5) is 0 Å². The first-order valence-electron chi connectivity index (χ1n) is 8.23. The molecule has 0 saturated heterocycles. The average molecular weight is 400 g/mol. The number of esters is 1. The molecule has 138 valence electrons. The van der Waals surface area contributed by atoms with Crippen molar-refractivity contribution in [3.8, 4) is 11.8 Å². The number of benzene rings is 1. The molecule has 0 aliphatic rings. The Bertz CT molecular complexity index is 1030. The second kappa shape index (κ2) is 8.75. The van der Waals surface area contributed by atoms with Crippen molar-refractivity contribution in [2.24, 2.45) is 0 Å². The van der Waals surface area contributed by atoms with E-state index in [1.54, 1.807) is 30.4 Å². The minimum absolute atomic E-state index is 0.105. The Morgan fingerprint density at radius 2 is 2.19 bits per heavy atom. The smallest absolute Gasteiger partial charge is 0.349 e. The Morgan fingerprint density at radius 1 is 1.33 bits per heavy atom. The van der Waals surface area contributed by atoms with E-state index in [0.29, 0.717) is 17.5 Å². The van der Waals surface area contributed by atoms with Crippen molar-refractivity contribution in [2.75, 3.05) is 13.2 Å². The number of carbonyl (C=O) groups is 1. The maximum atomic E-state index is 11.7. The number of hydrogen-bond acceptors (Lipinski definition) is 8. The van der Waals surface area contributed by atoms with Crippen LogP contribution in [0.1, 0.15) is 19.6 Å². The van der Waals surface area contributed by atoms with Gasteiger partial charge in [-0.2, -0.15) is 5.26 Å². The van der Waals surface area contributed by atoms with Crippen LogP contribution in [0.15, 0.2) is 49.8 Å². The van der Waals surface area contributed by atoms with Crippen molar-refractivity contribution >= 4 is 45.4 Å². The van der Waals surface area contributed by atoms with Gasteiger partial charge < -0.3 is 13.9 Å². The molecule has 0 N–H and O–H groups in total. The summed E-state index contributed by atoms with van der Waals surface area (Å²) in [6.45, 7) is 4.45. The highest BCUT2D eigenvalue weighted by Gasteiger charge is 2.13. The van der Waals surface area contributed by atoms with E-state index in [-0.39, 0.29) is 12.2 Å². The van der Waals surface area contributed by atoms with Crippen LogP contribution in [0, 0.1) is 11.3 Å². The van der Waals surface area contributed by atoms with E-state index in [9.17, 15) is 4.79 Å². The van der Waals surface area contributed by atoms with Crippen LogP contribution >= 0.6 is 23.1 Å². The van der Waals surface area contributed by atoms with E-state index in [4.69, 9.17) is 19.2 Å². The predicted octanol–water partition coefficient (Wildman–Crippen LogP) is 4.91. The molecule has 0 fully saturated rings. The van der Waals surface area contributed by atoms with Gasteiger partial charge in [-0.1, -0.05) is 0 Å². The third-order valence-electron chi connectivity index (χ3n) is 3.34. The average Bonchev–Trinajstić information content (AvgIpc) is 3.26. The molecule has 2 heterocycles. The van der Waals surface area contributed by atoms with E-state index >= 15 is 0 Å². The maximum absolute atomic E-state index is 11.7. The van der Waals surface area contributed by atoms with Gasteiger partial charge in [-0.3, -0.25) is 0 Å². The van der Waals surface area contributed by atoms with Crippen molar-refractivity contribution in [3.05, 3.63) is 41.7 Å². The number of ether oxygens (including phenoxy) is 2. The van der Waals surface area contributed by atoms with Crippen LogP contribution in [0.2, 0.25) is 0 Å². The molecule has 2 aromatic heterocycles. The molecule has 27 heavy (non-hydrogen) atoms. The summed E-state index contributed by atoms with van der Waals surface area (Å²) < 4.78 is 17.9. The zero-order valence-electron chi connectivity index (χ0n) is 14.7. The van der Waals surface area contributed by atoms with E-state index in [1.165, 1.54) is 17.8 Å². The highest BCUT2D eigenvalue weighted by molar-refractivity contribution is 8.01. The lowest BCUT2D eigenvalue weighted by molar-refractivity contribution is -0.137. The summed E-state index contributed by atoms with van der Waals surface area (Å²) in [6, 6.07) is 11.1. The monoisotopic (exact) mass is 400 g/mol. The van der Waals surface area contributed by atoms with Crippen molar-refractivity contribution in [2.45, 2.75) is 23.3 Å². The number of nitriles is 1. The van der Waals surface area contributed by atoms with Crippen LogP contribution in [0.25, 0.3) is 16.3 Å². The summed E-state index contributed by atoms with van der Waals surface area (Å²) >= 11 is 2.92. The van der Waals surface area contributed by atoms with Crippen LogP contribution in [-0.4, -0.2) is 24.2 Å². The van der Waals surface area contributed by atoms with Gasteiger partial charge in [-0.05, 0) is 55.9 Å². The molecule has 0 aliphatic heterocycles. The van der Waals surface area contributed by atoms with Gasteiger partial charge in [0.25, 0.3) is 0 Å². The van der Waals surface area contributed by atoms with Gasteiger partial charge in [0.2, 0.25) is 0 Å². The topological polar surface area (TPSA) is 85.4 Å². The molecule has 6 nitrogen and oxygen atoms in total. The molecule has 0 atom stereocenters. The Balaban J connectivity index is 1.76. The number of thiazole rings is 1. The summed E-state index contributed by atoms with van der Waals surface area (Å²) in [4.78, 5) is 16.2. The molecule has 1 aromatic carbocycles. The molecule has 0 saturated carbocycles. The van der Waals surface area contributed by atoms with Gasteiger partial charge in [0.05, 0.1) is 23.4 Å². The Hall–Kier alpha value is -2.76. The van der Waals surface area contributed by atoms with Gasteiger partial charge in [0.15, 0.2) is 9.43 Å². The van der Waals surface area contributed by atoms with Gasteiger partial charge >= 0.3 is 5.97 Å². The summed E-state index contributed by atoms with van der Waals surface area (Å²) in [7, 11) is 0. The normalized spacial score (nSPS) is 11.4. The highest BCUT2D eigenvalue weighted by Crippen LogP contribution is 2.36. The molecule has 3 aromatic rings. The predicted molar refractivity (Wildman–Crippen MR) is 104 cm³/mol. The number of carbonyl (C=O) groups excluding carboxylic acids is 1. The van der Waals surface area contributed by atoms with E-state index in [0.717, 1.165) is 20.3 Å². The first-order chi connectivity index (χ1) is 13.1. The fraction of sp³-hybridized carbons (Fsp3) is 0.211. The van der Waals surface area contributed by atoms with Crippen molar-refractivity contribution in [1.29, 1.82) is 5.26 Å². The number of fused-ring (bicyclic) bond motifs is 1. The van der Waals surface area contributed by atoms with E-state index < -0.39 is 5.97 Å². The first kappa shape index (κ1) is 19.0. The highest BCUT2D eigenvalue weighted by atomic mass is 32.2. The molecular formula is C19H16N2O4S2. The van der Waals surface area contributed by atoms with Crippen LogP contribution in [0.3, 0.4) is 0 Å². The first-order valence-corrected chi connectivity index (χ1v) is 9.86. The molecule has 0 radical (unpaired) electrons. The summed E-state index contributed by atoms with van der Waals surface area (Å²) in [5.41, 5.74) is 0.790. The minimum atomic E-state index is -0.665. The van der Waals surface area contributed by atoms with Crippen LogP contribution in [0.5, 0.6) is 5.75 Å². The van der Waals surface area contributed by atoms with Crippen molar-refractivity contribution in [3.63, 3.8) is 0 Å². The fourth-order valence-electron chi connectivity index (χ4n) is 2.22.